The van der Waals surface area contributed by atoms with E-state index in [1.54, 1.807) is 4.68 Å². The zero-order valence-electron chi connectivity index (χ0n) is 17.0. The number of benzene rings is 1. The molecule has 4 rings (SSSR count). The maximum absolute atomic E-state index is 12.8. The summed E-state index contributed by atoms with van der Waals surface area (Å²) in [5.74, 6) is 0.190. The first-order valence-corrected chi connectivity index (χ1v) is 10.4. The van der Waals surface area contributed by atoms with Crippen molar-refractivity contribution in [2.45, 2.75) is 38.0 Å². The highest BCUT2D eigenvalue weighted by molar-refractivity contribution is 5.80. The number of rotatable bonds is 7. The van der Waals surface area contributed by atoms with Gasteiger partial charge in [-0.05, 0) is 29.5 Å². The van der Waals surface area contributed by atoms with Gasteiger partial charge >= 0.3 is 0 Å². The summed E-state index contributed by atoms with van der Waals surface area (Å²) in [7, 11) is 1.90. The number of amides is 1. The van der Waals surface area contributed by atoms with E-state index >= 15 is 0 Å². The quantitative estimate of drug-likeness (QED) is 0.743. The van der Waals surface area contributed by atoms with Crippen LogP contribution in [-0.2, 0) is 34.5 Å². The summed E-state index contributed by atoms with van der Waals surface area (Å²) in [5, 5.41) is 10.7. The molecule has 29 heavy (non-hydrogen) atoms. The summed E-state index contributed by atoms with van der Waals surface area (Å²) in [6.45, 7) is 4.20. The van der Waals surface area contributed by atoms with Gasteiger partial charge in [0.2, 0.25) is 5.91 Å². The lowest BCUT2D eigenvalue weighted by Crippen LogP contribution is -2.34. The molecule has 0 saturated carbocycles. The minimum absolute atomic E-state index is 0.0702. The molecule has 0 bridgehead atoms. The maximum Gasteiger partial charge on any atom is 0.225 e. The van der Waals surface area contributed by atoms with E-state index in [-0.39, 0.29) is 23.8 Å². The van der Waals surface area contributed by atoms with Crippen molar-refractivity contribution in [3.05, 3.63) is 53.3 Å². The normalized spacial score (nSPS) is 22.7. The smallest absolute Gasteiger partial charge is 0.225 e. The highest BCUT2D eigenvalue weighted by Crippen LogP contribution is 2.28. The Bertz CT molecular complexity index is 816. The lowest BCUT2D eigenvalue weighted by molar-refractivity contribution is -0.125. The van der Waals surface area contributed by atoms with Gasteiger partial charge in [0.1, 0.15) is 0 Å². The van der Waals surface area contributed by atoms with Crippen molar-refractivity contribution in [1.82, 2.24) is 20.4 Å². The van der Waals surface area contributed by atoms with Gasteiger partial charge in [0.25, 0.3) is 0 Å². The van der Waals surface area contributed by atoms with Gasteiger partial charge in [-0.15, -0.1) is 0 Å². The van der Waals surface area contributed by atoms with Gasteiger partial charge in [0, 0.05) is 52.0 Å². The third-order valence-corrected chi connectivity index (χ3v) is 5.82. The number of aromatic nitrogens is 2. The number of ether oxygens (including phenoxy) is 2. The minimum atomic E-state index is -0.0702. The van der Waals surface area contributed by atoms with Crippen LogP contribution in [0.3, 0.4) is 0 Å². The molecular weight excluding hydrogens is 368 g/mol. The van der Waals surface area contributed by atoms with Crippen LogP contribution in [0.4, 0.5) is 0 Å². The molecule has 2 atom stereocenters. The third-order valence-electron chi connectivity index (χ3n) is 5.82. The molecule has 2 aliphatic heterocycles. The molecule has 0 unspecified atom stereocenters. The number of hydrogen-bond donors (Lipinski definition) is 2. The molecule has 0 aliphatic carbocycles. The van der Waals surface area contributed by atoms with Crippen LogP contribution in [-0.4, -0.2) is 48.1 Å². The Balaban J connectivity index is 1.29. The third kappa shape index (κ3) is 5.23. The van der Waals surface area contributed by atoms with Gasteiger partial charge in [-0.25, -0.2) is 0 Å². The fourth-order valence-electron chi connectivity index (χ4n) is 4.14. The van der Waals surface area contributed by atoms with Crippen LogP contribution >= 0.6 is 0 Å². The lowest BCUT2D eigenvalue weighted by atomic mass is 9.90. The van der Waals surface area contributed by atoms with E-state index < -0.39 is 0 Å². The van der Waals surface area contributed by atoms with Crippen molar-refractivity contribution < 1.29 is 14.3 Å². The average Bonchev–Trinajstić information content (AvgIpc) is 3.40. The van der Waals surface area contributed by atoms with E-state index in [0.29, 0.717) is 19.7 Å². The Morgan fingerprint density at radius 3 is 2.93 bits per heavy atom. The predicted octanol–water partition coefficient (Wildman–Crippen LogP) is 1.74. The first-order valence-electron chi connectivity index (χ1n) is 10.4. The van der Waals surface area contributed by atoms with E-state index in [9.17, 15) is 4.79 Å². The topological polar surface area (TPSA) is 77.4 Å². The molecule has 2 aromatic rings. The van der Waals surface area contributed by atoms with Gasteiger partial charge in [0.05, 0.1) is 24.8 Å². The summed E-state index contributed by atoms with van der Waals surface area (Å²) in [5.41, 5.74) is 3.35. The van der Waals surface area contributed by atoms with Crippen LogP contribution in [0.5, 0.6) is 0 Å². The molecule has 1 aromatic heterocycles. The number of carbonyl (C=O) groups is 1. The summed E-state index contributed by atoms with van der Waals surface area (Å²) in [6.07, 6.45) is 6.07. The average molecular weight is 399 g/mol. The molecule has 3 heterocycles. The van der Waals surface area contributed by atoms with Gasteiger partial charge in [-0.3, -0.25) is 9.48 Å². The predicted molar refractivity (Wildman–Crippen MR) is 109 cm³/mol. The molecular formula is C22H30N4O3. The Hall–Kier alpha value is -2.22. The number of nitrogens with one attached hydrogen (secondary N) is 2. The zero-order valence-corrected chi connectivity index (χ0v) is 17.0. The summed E-state index contributed by atoms with van der Waals surface area (Å²) in [6, 6.07) is 8.26. The molecule has 0 radical (unpaired) electrons. The first kappa shape index (κ1) is 20.1. The van der Waals surface area contributed by atoms with Crippen LogP contribution in [0.15, 0.2) is 36.7 Å². The number of nitrogens with zero attached hydrogens (tertiary/aromatic N) is 2. The molecule has 2 N–H and O–H groups in total. The summed E-state index contributed by atoms with van der Waals surface area (Å²) >= 11 is 0. The van der Waals surface area contributed by atoms with Gasteiger partial charge < -0.3 is 20.1 Å². The monoisotopic (exact) mass is 398 g/mol. The summed E-state index contributed by atoms with van der Waals surface area (Å²) in [4.78, 5) is 12.8. The minimum Gasteiger partial charge on any atom is -0.381 e. The molecule has 7 nitrogen and oxygen atoms in total. The molecule has 0 spiro atoms. The van der Waals surface area contributed by atoms with E-state index in [1.165, 1.54) is 0 Å². The van der Waals surface area contributed by atoms with E-state index in [0.717, 1.165) is 49.3 Å². The van der Waals surface area contributed by atoms with Gasteiger partial charge in [-0.1, -0.05) is 24.3 Å². The first-order chi connectivity index (χ1) is 14.2. The highest BCUT2D eigenvalue weighted by atomic mass is 16.5. The second-order valence-corrected chi connectivity index (χ2v) is 7.98. The van der Waals surface area contributed by atoms with Crippen molar-refractivity contribution in [2.24, 2.45) is 13.0 Å². The van der Waals surface area contributed by atoms with Crippen molar-refractivity contribution in [3.8, 4) is 0 Å². The molecule has 7 heteroatoms. The lowest BCUT2D eigenvalue weighted by Gasteiger charge is -2.22. The van der Waals surface area contributed by atoms with Crippen molar-refractivity contribution >= 4 is 5.91 Å². The van der Waals surface area contributed by atoms with Crippen molar-refractivity contribution in [1.29, 1.82) is 0 Å². The van der Waals surface area contributed by atoms with Crippen LogP contribution in [0.25, 0.3) is 0 Å². The number of carbonyl (C=O) groups excluding carboxylic acids is 1. The molecule has 156 valence electrons. The molecule has 2 saturated heterocycles. The molecule has 1 aromatic carbocycles. The van der Waals surface area contributed by atoms with Crippen LogP contribution in [0, 0.1) is 5.92 Å². The Labute approximate surface area is 171 Å². The second-order valence-electron chi connectivity index (χ2n) is 7.98. The van der Waals surface area contributed by atoms with Crippen LogP contribution in [0.2, 0.25) is 0 Å². The fourth-order valence-corrected chi connectivity index (χ4v) is 4.14. The van der Waals surface area contributed by atoms with Crippen molar-refractivity contribution in [2.75, 3.05) is 26.3 Å². The second kappa shape index (κ2) is 9.52. The zero-order chi connectivity index (χ0) is 20.1. The molecule has 1 amide bonds. The fraction of sp³-hybridized carbons (Fsp3) is 0.545. The highest BCUT2D eigenvalue weighted by Gasteiger charge is 2.34. The molecule has 2 aliphatic rings. The largest absolute Gasteiger partial charge is 0.381 e. The van der Waals surface area contributed by atoms with Gasteiger partial charge in [0.15, 0.2) is 0 Å². The van der Waals surface area contributed by atoms with Gasteiger partial charge in [-0.2, -0.15) is 5.10 Å². The SMILES string of the molecule is Cn1cc([C@H]2CNC[C@@H]2C(=O)NCc2cccc(COC3CCOCC3)c2)cn1. The van der Waals surface area contributed by atoms with E-state index in [4.69, 9.17) is 9.47 Å². The standard InChI is InChI=1S/C22H30N4O3/c1-26-14-18(11-25-26)20-12-23-13-21(20)22(27)24-10-16-3-2-4-17(9-16)15-29-19-5-7-28-8-6-19/h2-4,9,11,14,19-21,23H,5-8,10,12-13,15H2,1H3,(H,24,27)/t20-,21+/m1/s1. The van der Waals surface area contributed by atoms with Crippen molar-refractivity contribution in [3.63, 3.8) is 0 Å². The Morgan fingerprint density at radius 2 is 2.14 bits per heavy atom. The van der Waals surface area contributed by atoms with Crippen LogP contribution < -0.4 is 10.6 Å². The van der Waals surface area contributed by atoms with E-state index in [1.807, 2.05) is 31.6 Å². The number of aryl methyl sites for hydroxylation is 1. The van der Waals surface area contributed by atoms with E-state index in [2.05, 4.69) is 27.9 Å². The number of hydrogen-bond acceptors (Lipinski definition) is 5. The summed E-state index contributed by atoms with van der Waals surface area (Å²) < 4.78 is 13.2. The van der Waals surface area contributed by atoms with Crippen LogP contribution in [0.1, 0.15) is 35.4 Å². The Kier molecular flexibility index (Phi) is 6.59. The molecule has 2 fully saturated rings. The maximum atomic E-state index is 12.8. The Morgan fingerprint density at radius 1 is 1.31 bits per heavy atom.